The molecule has 1 aliphatic rings. The third-order valence-corrected chi connectivity index (χ3v) is 3.66. The van der Waals surface area contributed by atoms with Gasteiger partial charge in [0.25, 0.3) is 5.91 Å². The molecule has 21 heavy (non-hydrogen) atoms. The minimum Gasteiger partial charge on any atom is -0.480 e. The van der Waals surface area contributed by atoms with Crippen molar-refractivity contribution in [1.82, 2.24) is 9.80 Å². The van der Waals surface area contributed by atoms with E-state index in [-0.39, 0.29) is 12.5 Å². The summed E-state index contributed by atoms with van der Waals surface area (Å²) < 4.78 is 13.3. The topological polar surface area (TPSA) is 60.9 Å². The molecule has 1 aromatic carbocycles. The lowest BCUT2D eigenvalue weighted by molar-refractivity contribution is -0.138. The lowest BCUT2D eigenvalue weighted by Crippen LogP contribution is -2.37. The van der Waals surface area contributed by atoms with Crippen LogP contribution < -0.4 is 0 Å². The zero-order valence-corrected chi connectivity index (χ0v) is 12.0. The molecule has 1 N–H and O–H groups in total. The molecule has 114 valence electrons. The summed E-state index contributed by atoms with van der Waals surface area (Å²) in [6.07, 6.45) is 0.716. The molecular formula is C15H19FN2O3. The number of carbonyl (C=O) groups excluding carboxylic acids is 1. The monoisotopic (exact) mass is 294 g/mol. The Labute approximate surface area is 123 Å². The number of benzene rings is 1. The second kappa shape index (κ2) is 6.67. The van der Waals surface area contributed by atoms with Crippen molar-refractivity contribution in [1.29, 1.82) is 0 Å². The second-order valence-electron chi connectivity index (χ2n) is 5.27. The molecule has 0 unspecified atom stereocenters. The lowest BCUT2D eigenvalue weighted by atomic mass is 10.1. The molecule has 0 aliphatic carbocycles. The summed E-state index contributed by atoms with van der Waals surface area (Å²) in [6.45, 7) is 3.96. The Morgan fingerprint density at radius 3 is 2.71 bits per heavy atom. The van der Waals surface area contributed by atoms with E-state index in [4.69, 9.17) is 5.11 Å². The lowest BCUT2D eigenvalue weighted by Gasteiger charge is -2.22. The standard InChI is InChI=1S/C15H19FN2O3/c1-11-3-4-12(16)9-13(11)15(21)18-6-2-5-17(7-8-18)10-14(19)20/h3-4,9H,2,5-8,10H2,1H3,(H,19,20). The predicted molar refractivity (Wildman–Crippen MR) is 75.7 cm³/mol. The van der Waals surface area contributed by atoms with Crippen LogP contribution in [-0.2, 0) is 4.79 Å². The van der Waals surface area contributed by atoms with E-state index >= 15 is 0 Å². The van der Waals surface area contributed by atoms with Crippen molar-refractivity contribution in [2.45, 2.75) is 13.3 Å². The number of carboxylic acid groups (broad SMARTS) is 1. The van der Waals surface area contributed by atoms with Gasteiger partial charge in [0.1, 0.15) is 5.82 Å². The van der Waals surface area contributed by atoms with Crippen LogP contribution >= 0.6 is 0 Å². The van der Waals surface area contributed by atoms with Gasteiger partial charge < -0.3 is 10.0 Å². The molecule has 1 amide bonds. The van der Waals surface area contributed by atoms with Gasteiger partial charge in [-0.1, -0.05) is 6.07 Å². The van der Waals surface area contributed by atoms with E-state index in [0.29, 0.717) is 38.2 Å². The number of hydrogen-bond donors (Lipinski definition) is 1. The summed E-state index contributed by atoms with van der Waals surface area (Å²) in [5.74, 6) is -1.48. The summed E-state index contributed by atoms with van der Waals surface area (Å²) in [5.41, 5.74) is 1.12. The van der Waals surface area contributed by atoms with Gasteiger partial charge in [0.15, 0.2) is 0 Å². The van der Waals surface area contributed by atoms with Crippen molar-refractivity contribution in [3.63, 3.8) is 0 Å². The molecule has 0 aromatic heterocycles. The number of rotatable bonds is 3. The minimum atomic E-state index is -0.865. The summed E-state index contributed by atoms with van der Waals surface area (Å²) in [5, 5.41) is 8.81. The average Bonchev–Trinajstić information content (AvgIpc) is 2.66. The van der Waals surface area contributed by atoms with Crippen LogP contribution in [0.2, 0.25) is 0 Å². The number of halogens is 1. The zero-order chi connectivity index (χ0) is 15.4. The maximum absolute atomic E-state index is 13.3. The molecule has 1 heterocycles. The Morgan fingerprint density at radius 2 is 2.00 bits per heavy atom. The quantitative estimate of drug-likeness (QED) is 0.914. The van der Waals surface area contributed by atoms with Gasteiger partial charge in [0.05, 0.1) is 6.54 Å². The fourth-order valence-electron chi connectivity index (χ4n) is 2.52. The first-order valence-corrected chi connectivity index (χ1v) is 6.97. The number of hydrogen-bond acceptors (Lipinski definition) is 3. The van der Waals surface area contributed by atoms with Gasteiger partial charge in [-0.3, -0.25) is 14.5 Å². The highest BCUT2D eigenvalue weighted by Gasteiger charge is 2.22. The normalized spacial score (nSPS) is 16.6. The molecule has 0 atom stereocenters. The number of carbonyl (C=O) groups is 2. The van der Waals surface area contributed by atoms with Crippen LogP contribution in [0, 0.1) is 12.7 Å². The van der Waals surface area contributed by atoms with Crippen LogP contribution in [-0.4, -0.2) is 59.5 Å². The number of carboxylic acids is 1. The van der Waals surface area contributed by atoms with E-state index in [0.717, 1.165) is 5.56 Å². The van der Waals surface area contributed by atoms with Crippen LogP contribution in [0.5, 0.6) is 0 Å². The van der Waals surface area contributed by atoms with Crippen LogP contribution in [0.15, 0.2) is 18.2 Å². The average molecular weight is 294 g/mol. The van der Waals surface area contributed by atoms with E-state index in [1.807, 2.05) is 4.90 Å². The highest BCUT2D eigenvalue weighted by atomic mass is 19.1. The van der Waals surface area contributed by atoms with Crippen LogP contribution in [0.3, 0.4) is 0 Å². The highest BCUT2D eigenvalue weighted by Crippen LogP contribution is 2.14. The third-order valence-electron chi connectivity index (χ3n) is 3.66. The van der Waals surface area contributed by atoms with Gasteiger partial charge in [-0.2, -0.15) is 0 Å². The molecule has 0 spiro atoms. The Morgan fingerprint density at radius 1 is 1.24 bits per heavy atom. The molecular weight excluding hydrogens is 275 g/mol. The van der Waals surface area contributed by atoms with Gasteiger partial charge in [0.2, 0.25) is 0 Å². The predicted octanol–water partition coefficient (Wildman–Crippen LogP) is 1.37. The van der Waals surface area contributed by atoms with Crippen molar-refractivity contribution in [3.05, 3.63) is 35.1 Å². The summed E-state index contributed by atoms with van der Waals surface area (Å²) in [7, 11) is 0. The smallest absolute Gasteiger partial charge is 0.317 e. The molecule has 1 aliphatic heterocycles. The Hall–Kier alpha value is -1.95. The molecule has 1 saturated heterocycles. The van der Waals surface area contributed by atoms with Crippen molar-refractivity contribution >= 4 is 11.9 Å². The van der Waals surface area contributed by atoms with E-state index in [1.54, 1.807) is 17.9 Å². The molecule has 5 nitrogen and oxygen atoms in total. The molecule has 1 aromatic rings. The van der Waals surface area contributed by atoms with Crippen molar-refractivity contribution in [3.8, 4) is 0 Å². The van der Waals surface area contributed by atoms with Gasteiger partial charge in [0, 0.05) is 31.7 Å². The fraction of sp³-hybridized carbons (Fsp3) is 0.467. The van der Waals surface area contributed by atoms with Gasteiger partial charge >= 0.3 is 5.97 Å². The molecule has 0 radical (unpaired) electrons. The van der Waals surface area contributed by atoms with Crippen molar-refractivity contribution < 1.29 is 19.1 Å². The fourth-order valence-corrected chi connectivity index (χ4v) is 2.52. The molecule has 6 heteroatoms. The Kier molecular flexibility index (Phi) is 4.90. The summed E-state index contributed by atoms with van der Waals surface area (Å²) in [6, 6.07) is 4.19. The zero-order valence-electron chi connectivity index (χ0n) is 12.0. The Balaban J connectivity index is 2.06. The van der Waals surface area contributed by atoms with Crippen molar-refractivity contribution in [2.75, 3.05) is 32.7 Å². The summed E-state index contributed by atoms with van der Waals surface area (Å²) >= 11 is 0. The third kappa shape index (κ3) is 4.01. The second-order valence-corrected chi connectivity index (χ2v) is 5.27. The van der Waals surface area contributed by atoms with Crippen LogP contribution in [0.1, 0.15) is 22.3 Å². The first kappa shape index (κ1) is 15.4. The maximum atomic E-state index is 13.3. The molecule has 1 fully saturated rings. The van der Waals surface area contributed by atoms with E-state index in [9.17, 15) is 14.0 Å². The number of aliphatic carboxylic acids is 1. The minimum absolute atomic E-state index is 0.0129. The molecule has 2 rings (SSSR count). The SMILES string of the molecule is Cc1ccc(F)cc1C(=O)N1CCCN(CC(=O)O)CC1. The number of nitrogens with zero attached hydrogens (tertiary/aromatic N) is 2. The van der Waals surface area contributed by atoms with Crippen LogP contribution in [0.4, 0.5) is 4.39 Å². The first-order valence-electron chi connectivity index (χ1n) is 6.97. The van der Waals surface area contributed by atoms with Crippen LogP contribution in [0.25, 0.3) is 0 Å². The number of amides is 1. The molecule has 0 saturated carbocycles. The Bertz CT molecular complexity index is 548. The number of aryl methyl sites for hydroxylation is 1. The van der Waals surface area contributed by atoms with Gasteiger partial charge in [-0.15, -0.1) is 0 Å². The van der Waals surface area contributed by atoms with E-state index in [2.05, 4.69) is 0 Å². The largest absolute Gasteiger partial charge is 0.480 e. The maximum Gasteiger partial charge on any atom is 0.317 e. The first-order chi connectivity index (χ1) is 9.97. The van der Waals surface area contributed by atoms with E-state index < -0.39 is 11.8 Å². The van der Waals surface area contributed by atoms with E-state index in [1.165, 1.54) is 12.1 Å². The van der Waals surface area contributed by atoms with Gasteiger partial charge in [-0.25, -0.2) is 4.39 Å². The summed E-state index contributed by atoms with van der Waals surface area (Å²) in [4.78, 5) is 26.7. The molecule has 0 bridgehead atoms. The highest BCUT2D eigenvalue weighted by molar-refractivity contribution is 5.95. The van der Waals surface area contributed by atoms with Gasteiger partial charge in [-0.05, 0) is 31.0 Å². The van der Waals surface area contributed by atoms with Crippen molar-refractivity contribution in [2.24, 2.45) is 0 Å².